The quantitative estimate of drug-likeness (QED) is 0.718. The molecule has 1 aliphatic carbocycles. The van der Waals surface area contributed by atoms with Crippen molar-refractivity contribution >= 4 is 23.1 Å². The van der Waals surface area contributed by atoms with Crippen molar-refractivity contribution in [3.8, 4) is 0 Å². The first-order valence-electron chi connectivity index (χ1n) is 5.10. The first kappa shape index (κ1) is 11.4. The lowest BCUT2D eigenvalue weighted by molar-refractivity contribution is -0.140. The standard InChI is InChI=1S/C10H18N2OS/c1-3-7-12(2)9(13)10(8(11)14)5-4-6-10/h3-7H2,1-2H3,(H2,11,14). The number of amides is 1. The fourth-order valence-corrected chi connectivity index (χ4v) is 2.19. The van der Waals surface area contributed by atoms with Gasteiger partial charge >= 0.3 is 0 Å². The third kappa shape index (κ3) is 1.75. The summed E-state index contributed by atoms with van der Waals surface area (Å²) >= 11 is 4.99. The number of carbonyl (C=O) groups excluding carboxylic acids is 1. The molecular weight excluding hydrogens is 196 g/mol. The normalized spacial score (nSPS) is 18.4. The van der Waals surface area contributed by atoms with Crippen LogP contribution in [-0.2, 0) is 4.79 Å². The number of nitrogens with zero attached hydrogens (tertiary/aromatic N) is 1. The molecule has 1 rings (SSSR count). The van der Waals surface area contributed by atoms with Gasteiger partial charge in [0.25, 0.3) is 0 Å². The van der Waals surface area contributed by atoms with Crippen LogP contribution in [0.1, 0.15) is 32.6 Å². The highest BCUT2D eigenvalue weighted by atomic mass is 32.1. The summed E-state index contributed by atoms with van der Waals surface area (Å²) in [5.41, 5.74) is 5.15. The molecule has 1 fully saturated rings. The Labute approximate surface area is 90.6 Å². The number of hydrogen-bond donors (Lipinski definition) is 1. The molecule has 0 atom stereocenters. The molecule has 1 aliphatic rings. The van der Waals surface area contributed by atoms with Crippen molar-refractivity contribution in [2.75, 3.05) is 13.6 Å². The molecule has 0 heterocycles. The van der Waals surface area contributed by atoms with Gasteiger partial charge in [-0.1, -0.05) is 25.6 Å². The Kier molecular flexibility index (Phi) is 3.48. The van der Waals surface area contributed by atoms with Crippen molar-refractivity contribution in [2.24, 2.45) is 11.1 Å². The maximum absolute atomic E-state index is 12.0. The van der Waals surface area contributed by atoms with Crippen LogP contribution in [0.3, 0.4) is 0 Å². The molecular formula is C10H18N2OS. The first-order chi connectivity index (χ1) is 6.54. The van der Waals surface area contributed by atoms with E-state index in [1.165, 1.54) is 0 Å². The minimum Gasteiger partial charge on any atom is -0.392 e. The Morgan fingerprint density at radius 1 is 1.57 bits per heavy atom. The van der Waals surface area contributed by atoms with Crippen LogP contribution in [0.25, 0.3) is 0 Å². The largest absolute Gasteiger partial charge is 0.392 e. The van der Waals surface area contributed by atoms with E-state index >= 15 is 0 Å². The summed E-state index contributed by atoms with van der Waals surface area (Å²) in [7, 11) is 1.82. The highest BCUT2D eigenvalue weighted by Gasteiger charge is 2.48. The second-order valence-electron chi connectivity index (χ2n) is 4.03. The molecule has 0 aromatic heterocycles. The highest BCUT2D eigenvalue weighted by Crippen LogP contribution is 2.42. The zero-order valence-corrected chi connectivity index (χ0v) is 9.69. The van der Waals surface area contributed by atoms with Crippen molar-refractivity contribution in [1.82, 2.24) is 4.90 Å². The molecule has 0 unspecified atom stereocenters. The van der Waals surface area contributed by atoms with Crippen LogP contribution in [0.5, 0.6) is 0 Å². The number of carbonyl (C=O) groups is 1. The van der Waals surface area contributed by atoms with Crippen LogP contribution in [0, 0.1) is 5.41 Å². The van der Waals surface area contributed by atoms with E-state index in [1.807, 2.05) is 7.05 Å². The predicted molar refractivity (Wildman–Crippen MR) is 61.0 cm³/mol. The summed E-state index contributed by atoms with van der Waals surface area (Å²) < 4.78 is 0. The summed E-state index contributed by atoms with van der Waals surface area (Å²) in [6, 6.07) is 0. The molecule has 4 heteroatoms. The van der Waals surface area contributed by atoms with Crippen molar-refractivity contribution in [3.63, 3.8) is 0 Å². The summed E-state index contributed by atoms with van der Waals surface area (Å²) in [6.45, 7) is 2.83. The Hall–Kier alpha value is -0.640. The molecule has 0 spiro atoms. The second kappa shape index (κ2) is 4.26. The van der Waals surface area contributed by atoms with Crippen molar-refractivity contribution in [1.29, 1.82) is 0 Å². The molecule has 0 bridgehead atoms. The SMILES string of the molecule is CCCN(C)C(=O)C1(C(N)=S)CCC1. The fraction of sp³-hybridized carbons (Fsp3) is 0.800. The second-order valence-corrected chi connectivity index (χ2v) is 4.47. The maximum Gasteiger partial charge on any atom is 0.235 e. The Morgan fingerprint density at radius 3 is 2.43 bits per heavy atom. The topological polar surface area (TPSA) is 46.3 Å². The van der Waals surface area contributed by atoms with Crippen molar-refractivity contribution < 1.29 is 4.79 Å². The van der Waals surface area contributed by atoms with Crippen LogP contribution in [0.2, 0.25) is 0 Å². The van der Waals surface area contributed by atoms with Gasteiger partial charge in [-0.15, -0.1) is 0 Å². The van der Waals surface area contributed by atoms with Gasteiger partial charge in [-0.2, -0.15) is 0 Å². The van der Waals surface area contributed by atoms with Crippen LogP contribution in [0.4, 0.5) is 0 Å². The molecule has 80 valence electrons. The lowest BCUT2D eigenvalue weighted by Crippen LogP contribution is -2.53. The molecule has 0 aromatic rings. The van der Waals surface area contributed by atoms with Crippen molar-refractivity contribution in [2.45, 2.75) is 32.6 Å². The van der Waals surface area contributed by atoms with Gasteiger partial charge in [0.2, 0.25) is 5.91 Å². The van der Waals surface area contributed by atoms with Crippen LogP contribution < -0.4 is 5.73 Å². The molecule has 0 aliphatic heterocycles. The summed E-state index contributed by atoms with van der Waals surface area (Å²) in [6.07, 6.45) is 3.68. The Balaban J connectivity index is 2.70. The first-order valence-corrected chi connectivity index (χ1v) is 5.51. The van der Waals surface area contributed by atoms with E-state index in [1.54, 1.807) is 4.90 Å². The van der Waals surface area contributed by atoms with Gasteiger partial charge in [0.1, 0.15) is 0 Å². The number of hydrogen-bond acceptors (Lipinski definition) is 2. The molecule has 0 radical (unpaired) electrons. The summed E-state index contributed by atoms with van der Waals surface area (Å²) in [4.78, 5) is 14.2. The van der Waals surface area contributed by atoms with Gasteiger partial charge in [-0.3, -0.25) is 4.79 Å². The maximum atomic E-state index is 12.0. The van der Waals surface area contributed by atoms with E-state index < -0.39 is 5.41 Å². The van der Waals surface area contributed by atoms with Gasteiger partial charge in [-0.05, 0) is 19.3 Å². The Bertz CT molecular complexity index is 249. The van der Waals surface area contributed by atoms with Gasteiger partial charge in [0.15, 0.2) is 0 Å². The summed E-state index contributed by atoms with van der Waals surface area (Å²) in [5, 5.41) is 0. The fourth-order valence-electron chi connectivity index (χ4n) is 1.90. The van der Waals surface area contributed by atoms with Gasteiger partial charge in [0, 0.05) is 13.6 Å². The minimum atomic E-state index is -0.501. The Morgan fingerprint density at radius 2 is 2.14 bits per heavy atom. The lowest BCUT2D eigenvalue weighted by Gasteiger charge is -2.41. The van der Waals surface area contributed by atoms with Gasteiger partial charge in [-0.25, -0.2) is 0 Å². The van der Waals surface area contributed by atoms with E-state index in [0.717, 1.165) is 32.2 Å². The van der Waals surface area contributed by atoms with Crippen molar-refractivity contribution in [3.05, 3.63) is 0 Å². The third-order valence-corrected chi connectivity index (χ3v) is 3.38. The molecule has 1 amide bonds. The minimum absolute atomic E-state index is 0.109. The van der Waals surface area contributed by atoms with E-state index in [-0.39, 0.29) is 5.91 Å². The molecule has 2 N–H and O–H groups in total. The average Bonchev–Trinajstić information content (AvgIpc) is 2.01. The third-order valence-electron chi connectivity index (χ3n) is 2.99. The average molecular weight is 214 g/mol. The van der Waals surface area contributed by atoms with Crippen LogP contribution >= 0.6 is 12.2 Å². The highest BCUT2D eigenvalue weighted by molar-refractivity contribution is 7.80. The zero-order chi connectivity index (χ0) is 10.8. The van der Waals surface area contributed by atoms with Crippen LogP contribution in [-0.4, -0.2) is 29.4 Å². The predicted octanol–water partition coefficient (Wildman–Crippen LogP) is 1.31. The lowest BCUT2D eigenvalue weighted by atomic mass is 9.67. The van der Waals surface area contributed by atoms with Gasteiger partial charge in [0.05, 0.1) is 10.4 Å². The zero-order valence-electron chi connectivity index (χ0n) is 8.88. The molecule has 0 aromatic carbocycles. The van der Waals surface area contributed by atoms with Gasteiger partial charge < -0.3 is 10.6 Å². The molecule has 14 heavy (non-hydrogen) atoms. The molecule has 0 saturated heterocycles. The molecule has 1 saturated carbocycles. The van der Waals surface area contributed by atoms with E-state index in [2.05, 4.69) is 6.92 Å². The van der Waals surface area contributed by atoms with E-state index in [4.69, 9.17) is 18.0 Å². The monoisotopic (exact) mass is 214 g/mol. The van der Waals surface area contributed by atoms with E-state index in [0.29, 0.717) is 4.99 Å². The smallest absolute Gasteiger partial charge is 0.235 e. The van der Waals surface area contributed by atoms with Crippen LogP contribution in [0.15, 0.2) is 0 Å². The number of thiocarbonyl (C=S) groups is 1. The number of rotatable bonds is 4. The molecule has 3 nitrogen and oxygen atoms in total. The number of nitrogens with two attached hydrogens (primary N) is 1. The van der Waals surface area contributed by atoms with E-state index in [9.17, 15) is 4.79 Å². The summed E-state index contributed by atoms with van der Waals surface area (Å²) in [5.74, 6) is 0.109.